The Kier molecular flexibility index (Phi) is 7.15. The number of pyridine rings is 1. The molecule has 240 valence electrons. The molecule has 2 aromatic heterocycles. The fourth-order valence-electron chi connectivity index (χ4n) is 7.49. The second-order valence-electron chi connectivity index (χ2n) is 13.6. The van der Waals surface area contributed by atoms with Crippen molar-refractivity contribution < 1.29 is 0 Å². The van der Waals surface area contributed by atoms with Gasteiger partial charge in [-0.15, -0.1) is 0 Å². The van der Waals surface area contributed by atoms with Gasteiger partial charge in [0, 0.05) is 39.3 Å². The molecule has 1 aliphatic carbocycles. The van der Waals surface area contributed by atoms with E-state index in [-0.39, 0.29) is 5.41 Å². The normalized spacial score (nSPS) is 12.6. The van der Waals surface area contributed by atoms with Crippen molar-refractivity contribution in [1.82, 2.24) is 15.0 Å². The summed E-state index contributed by atoms with van der Waals surface area (Å²) in [7, 11) is 0. The quantitative estimate of drug-likeness (QED) is 0.186. The molecule has 0 fully saturated rings. The molecular weight excluding hydrogens is 621 g/mol. The van der Waals surface area contributed by atoms with Crippen LogP contribution in [0.1, 0.15) is 30.5 Å². The van der Waals surface area contributed by atoms with Gasteiger partial charge in [-0.25, -0.2) is 9.97 Å². The van der Waals surface area contributed by atoms with E-state index >= 15 is 0 Å². The zero-order valence-electron chi connectivity index (χ0n) is 28.3. The molecule has 0 amide bonds. The Morgan fingerprint density at radius 2 is 1.14 bits per heavy atom. The van der Waals surface area contributed by atoms with E-state index in [1.54, 1.807) is 0 Å². The Morgan fingerprint density at radius 1 is 0.490 bits per heavy atom. The molecule has 0 atom stereocenters. The van der Waals surface area contributed by atoms with E-state index in [4.69, 9.17) is 15.0 Å². The van der Waals surface area contributed by atoms with E-state index in [1.807, 2.05) is 60.8 Å². The minimum atomic E-state index is -0.255. The van der Waals surface area contributed by atoms with Gasteiger partial charge in [-0.2, -0.15) is 5.26 Å². The Bertz CT molecular complexity index is 2610. The average Bonchev–Trinajstić information content (AvgIpc) is 3.42. The van der Waals surface area contributed by atoms with Crippen LogP contribution in [0.15, 0.2) is 158 Å². The van der Waals surface area contributed by atoms with Crippen LogP contribution < -0.4 is 0 Å². The van der Waals surface area contributed by atoms with Crippen LogP contribution in [0.4, 0.5) is 0 Å². The maximum Gasteiger partial charge on any atom is 0.160 e. The van der Waals surface area contributed by atoms with Gasteiger partial charge < -0.3 is 0 Å². The summed E-state index contributed by atoms with van der Waals surface area (Å²) in [5.74, 6) is 0.680. The van der Waals surface area contributed by atoms with Crippen molar-refractivity contribution in [3.8, 4) is 73.4 Å². The number of fused-ring (bicyclic) bond motifs is 4. The van der Waals surface area contributed by atoms with Crippen LogP contribution >= 0.6 is 0 Å². The SMILES string of the molecule is CC1(C)c2cc(C#N)ccc2-c2ccc(-c3cc(-c4cc(-c5ccccc5)nc(-c5ccccc5)n4)cc(-c4cccc5cccnc45)c3)cc21. The van der Waals surface area contributed by atoms with E-state index in [2.05, 4.69) is 117 Å². The molecule has 0 bridgehead atoms. The molecule has 51 heavy (non-hydrogen) atoms. The lowest BCUT2D eigenvalue weighted by Crippen LogP contribution is -2.15. The van der Waals surface area contributed by atoms with E-state index in [0.29, 0.717) is 11.4 Å². The molecule has 0 spiro atoms. The third kappa shape index (κ3) is 5.28. The Labute approximate surface area is 297 Å². The summed E-state index contributed by atoms with van der Waals surface area (Å²) in [4.78, 5) is 15.1. The van der Waals surface area contributed by atoms with Crippen molar-refractivity contribution in [3.63, 3.8) is 0 Å². The summed E-state index contributed by atoms with van der Waals surface area (Å²) >= 11 is 0. The molecule has 2 heterocycles. The number of nitriles is 1. The largest absolute Gasteiger partial charge is 0.256 e. The molecule has 4 nitrogen and oxygen atoms in total. The van der Waals surface area contributed by atoms with Crippen LogP contribution in [0.3, 0.4) is 0 Å². The highest BCUT2D eigenvalue weighted by Crippen LogP contribution is 2.50. The minimum absolute atomic E-state index is 0.255. The Balaban J connectivity index is 1.27. The van der Waals surface area contributed by atoms with Gasteiger partial charge in [0.2, 0.25) is 0 Å². The van der Waals surface area contributed by atoms with Crippen LogP contribution in [-0.2, 0) is 5.41 Å². The zero-order chi connectivity index (χ0) is 34.5. The highest BCUT2D eigenvalue weighted by molar-refractivity contribution is 5.96. The van der Waals surface area contributed by atoms with Gasteiger partial charge in [0.05, 0.1) is 28.5 Å². The van der Waals surface area contributed by atoms with Gasteiger partial charge in [0.1, 0.15) is 0 Å². The maximum absolute atomic E-state index is 9.66. The molecule has 9 rings (SSSR count). The third-order valence-corrected chi connectivity index (χ3v) is 10.1. The molecule has 6 aromatic carbocycles. The lowest BCUT2D eigenvalue weighted by atomic mass is 9.81. The second-order valence-corrected chi connectivity index (χ2v) is 13.6. The number of nitrogens with zero attached hydrogens (tertiary/aromatic N) is 4. The summed E-state index contributed by atoms with van der Waals surface area (Å²) in [6.07, 6.45) is 1.86. The number of para-hydroxylation sites is 1. The predicted octanol–water partition coefficient (Wildman–Crippen LogP) is 11.5. The fraction of sp³-hybridized carbons (Fsp3) is 0.0638. The Hall–Kier alpha value is -6.70. The third-order valence-electron chi connectivity index (χ3n) is 10.1. The zero-order valence-corrected chi connectivity index (χ0v) is 28.3. The van der Waals surface area contributed by atoms with Gasteiger partial charge >= 0.3 is 0 Å². The summed E-state index contributed by atoms with van der Waals surface area (Å²) in [6.45, 7) is 4.51. The van der Waals surface area contributed by atoms with Crippen LogP contribution in [-0.4, -0.2) is 15.0 Å². The number of benzene rings is 6. The molecule has 0 saturated heterocycles. The summed E-state index contributed by atoms with van der Waals surface area (Å²) in [6, 6.07) is 54.9. The monoisotopic (exact) mass is 652 g/mol. The van der Waals surface area contributed by atoms with Gasteiger partial charge in [0.25, 0.3) is 0 Å². The molecular formula is C47H32N4. The molecule has 8 aromatic rings. The van der Waals surface area contributed by atoms with Crippen LogP contribution in [0.2, 0.25) is 0 Å². The fourth-order valence-corrected chi connectivity index (χ4v) is 7.49. The first kappa shape index (κ1) is 30.4. The van der Waals surface area contributed by atoms with Crippen molar-refractivity contribution in [1.29, 1.82) is 5.26 Å². The minimum Gasteiger partial charge on any atom is -0.256 e. The topological polar surface area (TPSA) is 62.5 Å². The first-order chi connectivity index (χ1) is 25.0. The summed E-state index contributed by atoms with van der Waals surface area (Å²) < 4.78 is 0. The van der Waals surface area contributed by atoms with Crippen molar-refractivity contribution in [3.05, 3.63) is 175 Å². The Morgan fingerprint density at radius 3 is 1.90 bits per heavy atom. The van der Waals surface area contributed by atoms with Gasteiger partial charge in [-0.05, 0) is 87.5 Å². The highest BCUT2D eigenvalue weighted by atomic mass is 14.9. The van der Waals surface area contributed by atoms with Crippen molar-refractivity contribution in [2.45, 2.75) is 19.3 Å². The first-order valence-electron chi connectivity index (χ1n) is 17.2. The van der Waals surface area contributed by atoms with Gasteiger partial charge in [-0.1, -0.05) is 117 Å². The molecule has 0 N–H and O–H groups in total. The van der Waals surface area contributed by atoms with E-state index in [0.717, 1.165) is 61.2 Å². The smallest absolute Gasteiger partial charge is 0.160 e. The maximum atomic E-state index is 9.66. The second kappa shape index (κ2) is 12.0. The van der Waals surface area contributed by atoms with E-state index in [1.165, 1.54) is 22.3 Å². The van der Waals surface area contributed by atoms with E-state index in [9.17, 15) is 5.26 Å². The molecule has 1 aliphatic rings. The highest BCUT2D eigenvalue weighted by Gasteiger charge is 2.36. The standard InChI is InChI=1S/C47H32N4/c1-47(2)41-23-30(29-48)18-20-39(41)40-21-19-34(27-42(40)47)35-24-36(38-17-9-15-32-16-10-22-49-45(32)38)26-37(25-35)44-28-43(31-11-5-3-6-12-31)50-46(51-44)33-13-7-4-8-14-33/h3-28H,1-2H3. The van der Waals surface area contributed by atoms with E-state index < -0.39 is 0 Å². The molecule has 0 unspecified atom stereocenters. The lowest BCUT2D eigenvalue weighted by Gasteiger charge is -2.22. The van der Waals surface area contributed by atoms with Crippen molar-refractivity contribution >= 4 is 10.9 Å². The average molecular weight is 653 g/mol. The van der Waals surface area contributed by atoms with Crippen LogP contribution in [0, 0.1) is 11.3 Å². The van der Waals surface area contributed by atoms with Gasteiger partial charge in [-0.3, -0.25) is 4.98 Å². The van der Waals surface area contributed by atoms with Crippen molar-refractivity contribution in [2.24, 2.45) is 0 Å². The first-order valence-corrected chi connectivity index (χ1v) is 17.2. The molecule has 0 saturated carbocycles. The summed E-state index contributed by atoms with van der Waals surface area (Å²) in [5.41, 5.74) is 15.3. The lowest BCUT2D eigenvalue weighted by molar-refractivity contribution is 0.660. The van der Waals surface area contributed by atoms with Crippen molar-refractivity contribution in [2.75, 3.05) is 0 Å². The summed E-state index contributed by atoms with van der Waals surface area (Å²) in [5, 5.41) is 10.7. The number of rotatable bonds is 5. The molecule has 0 radical (unpaired) electrons. The predicted molar refractivity (Wildman–Crippen MR) is 207 cm³/mol. The molecule has 4 heteroatoms. The number of hydrogen-bond donors (Lipinski definition) is 0. The van der Waals surface area contributed by atoms with Crippen LogP contribution in [0.5, 0.6) is 0 Å². The number of aromatic nitrogens is 3. The van der Waals surface area contributed by atoms with Gasteiger partial charge in [0.15, 0.2) is 5.82 Å². The van der Waals surface area contributed by atoms with Crippen LogP contribution in [0.25, 0.3) is 78.2 Å². The number of hydrogen-bond acceptors (Lipinski definition) is 4. The molecule has 0 aliphatic heterocycles.